The Kier molecular flexibility index (Phi) is 5.22. The van der Waals surface area contributed by atoms with Crippen molar-refractivity contribution in [3.63, 3.8) is 0 Å². The van der Waals surface area contributed by atoms with Gasteiger partial charge in [-0.15, -0.1) is 0 Å². The number of aromatic nitrogens is 1. The Balaban J connectivity index is 1.38. The molecule has 2 aromatic carbocycles. The van der Waals surface area contributed by atoms with Crippen molar-refractivity contribution in [1.82, 2.24) is 14.8 Å². The summed E-state index contributed by atoms with van der Waals surface area (Å²) in [4.78, 5) is 32.4. The van der Waals surface area contributed by atoms with Crippen molar-refractivity contribution in [2.45, 2.75) is 13.3 Å². The molecule has 1 saturated heterocycles. The molecule has 1 N–H and O–H groups in total. The molecule has 1 fully saturated rings. The standard InChI is InChI=1S/C22H22BrN3O2/c1-15-4-2-3-5-16(15)14-21(27)25-8-10-26(11-9-25)22(28)20-13-17-12-18(23)6-7-19(17)24-20/h2-7,12-13,24H,8-11,14H2,1H3. The smallest absolute Gasteiger partial charge is 0.270 e. The van der Waals surface area contributed by atoms with Crippen LogP contribution in [0.15, 0.2) is 53.0 Å². The van der Waals surface area contributed by atoms with Crippen LogP contribution in [0.1, 0.15) is 21.6 Å². The highest BCUT2D eigenvalue weighted by atomic mass is 79.9. The molecule has 6 heteroatoms. The number of aromatic amines is 1. The SMILES string of the molecule is Cc1ccccc1CC(=O)N1CCN(C(=O)c2cc3cc(Br)ccc3[nH]2)CC1. The fourth-order valence-electron chi connectivity index (χ4n) is 3.63. The van der Waals surface area contributed by atoms with E-state index in [-0.39, 0.29) is 11.8 Å². The van der Waals surface area contributed by atoms with Gasteiger partial charge in [0, 0.05) is 41.6 Å². The predicted molar refractivity (Wildman–Crippen MR) is 113 cm³/mol. The van der Waals surface area contributed by atoms with Gasteiger partial charge in [-0.2, -0.15) is 0 Å². The average Bonchev–Trinajstić information content (AvgIpc) is 3.12. The zero-order valence-electron chi connectivity index (χ0n) is 15.7. The summed E-state index contributed by atoms with van der Waals surface area (Å²) in [7, 11) is 0. The molecule has 1 aliphatic rings. The number of nitrogens with zero attached hydrogens (tertiary/aromatic N) is 2. The fourth-order valence-corrected chi connectivity index (χ4v) is 4.01. The Morgan fingerprint density at radius 2 is 1.71 bits per heavy atom. The van der Waals surface area contributed by atoms with Crippen LogP contribution in [-0.2, 0) is 11.2 Å². The van der Waals surface area contributed by atoms with Gasteiger partial charge in [0.15, 0.2) is 0 Å². The molecular weight excluding hydrogens is 418 g/mol. The number of hydrogen-bond donors (Lipinski definition) is 1. The first-order chi connectivity index (χ1) is 13.5. The second kappa shape index (κ2) is 7.80. The molecular formula is C22H22BrN3O2. The first-order valence-corrected chi connectivity index (χ1v) is 10.2. The van der Waals surface area contributed by atoms with E-state index < -0.39 is 0 Å². The van der Waals surface area contributed by atoms with Crippen molar-refractivity contribution < 1.29 is 9.59 Å². The first-order valence-electron chi connectivity index (χ1n) is 9.41. The molecule has 5 nitrogen and oxygen atoms in total. The molecule has 1 aliphatic heterocycles. The van der Waals surface area contributed by atoms with E-state index in [9.17, 15) is 9.59 Å². The second-order valence-corrected chi connectivity index (χ2v) is 8.11. The fraction of sp³-hybridized carbons (Fsp3) is 0.273. The minimum atomic E-state index is -0.0154. The van der Waals surface area contributed by atoms with E-state index in [2.05, 4.69) is 20.9 Å². The minimum absolute atomic E-state index is 0.0154. The van der Waals surface area contributed by atoms with Gasteiger partial charge in [0.05, 0.1) is 6.42 Å². The zero-order valence-corrected chi connectivity index (χ0v) is 17.3. The molecule has 0 bridgehead atoms. The quantitative estimate of drug-likeness (QED) is 0.675. The number of nitrogens with one attached hydrogen (secondary N) is 1. The van der Waals surface area contributed by atoms with Crippen LogP contribution in [-0.4, -0.2) is 52.8 Å². The largest absolute Gasteiger partial charge is 0.351 e. The molecule has 0 saturated carbocycles. The molecule has 0 spiro atoms. The van der Waals surface area contributed by atoms with Crippen molar-refractivity contribution in [2.24, 2.45) is 0 Å². The van der Waals surface area contributed by atoms with Crippen LogP contribution in [0, 0.1) is 6.92 Å². The molecule has 144 valence electrons. The average molecular weight is 440 g/mol. The van der Waals surface area contributed by atoms with Crippen molar-refractivity contribution in [3.05, 3.63) is 69.8 Å². The summed E-state index contributed by atoms with van der Waals surface area (Å²) in [5.41, 5.74) is 3.73. The molecule has 4 rings (SSSR count). The molecule has 2 heterocycles. The van der Waals surface area contributed by atoms with Crippen molar-refractivity contribution in [1.29, 1.82) is 0 Å². The van der Waals surface area contributed by atoms with E-state index in [4.69, 9.17) is 0 Å². The van der Waals surface area contributed by atoms with Gasteiger partial charge in [0.1, 0.15) is 5.69 Å². The Bertz CT molecular complexity index is 1040. The molecule has 0 radical (unpaired) electrons. The number of carbonyl (C=O) groups is 2. The molecule has 1 aromatic heterocycles. The van der Waals surface area contributed by atoms with Crippen LogP contribution in [0.4, 0.5) is 0 Å². The number of rotatable bonds is 3. The summed E-state index contributed by atoms with van der Waals surface area (Å²) in [5, 5.41) is 1.00. The summed E-state index contributed by atoms with van der Waals surface area (Å²) in [6.07, 6.45) is 0.414. The molecule has 0 atom stereocenters. The maximum Gasteiger partial charge on any atom is 0.270 e. The van der Waals surface area contributed by atoms with Crippen molar-refractivity contribution >= 4 is 38.6 Å². The highest BCUT2D eigenvalue weighted by molar-refractivity contribution is 9.10. The lowest BCUT2D eigenvalue weighted by molar-refractivity contribution is -0.131. The Morgan fingerprint density at radius 3 is 2.46 bits per heavy atom. The number of carbonyl (C=O) groups excluding carboxylic acids is 2. The van der Waals surface area contributed by atoms with Gasteiger partial charge in [-0.05, 0) is 42.3 Å². The van der Waals surface area contributed by atoms with Crippen LogP contribution in [0.5, 0.6) is 0 Å². The third-order valence-electron chi connectivity index (χ3n) is 5.34. The lowest BCUT2D eigenvalue weighted by atomic mass is 10.1. The van der Waals surface area contributed by atoms with Gasteiger partial charge in [0.25, 0.3) is 5.91 Å². The lowest BCUT2D eigenvalue weighted by Crippen LogP contribution is -2.51. The Morgan fingerprint density at radius 1 is 1.00 bits per heavy atom. The van der Waals surface area contributed by atoms with Crippen LogP contribution in [0.2, 0.25) is 0 Å². The number of halogens is 1. The summed E-state index contributed by atoms with van der Waals surface area (Å²) >= 11 is 3.46. The summed E-state index contributed by atoms with van der Waals surface area (Å²) < 4.78 is 0.985. The normalized spacial score (nSPS) is 14.5. The van der Waals surface area contributed by atoms with E-state index in [1.165, 1.54) is 0 Å². The van der Waals surface area contributed by atoms with E-state index >= 15 is 0 Å². The second-order valence-electron chi connectivity index (χ2n) is 7.19. The monoisotopic (exact) mass is 439 g/mol. The number of amides is 2. The molecule has 0 aliphatic carbocycles. The minimum Gasteiger partial charge on any atom is -0.351 e. The lowest BCUT2D eigenvalue weighted by Gasteiger charge is -2.34. The maximum atomic E-state index is 12.8. The van der Waals surface area contributed by atoms with Gasteiger partial charge in [0.2, 0.25) is 5.91 Å². The van der Waals surface area contributed by atoms with E-state index in [1.807, 2.05) is 65.3 Å². The van der Waals surface area contributed by atoms with E-state index in [0.29, 0.717) is 38.3 Å². The van der Waals surface area contributed by atoms with Gasteiger partial charge in [-0.25, -0.2) is 0 Å². The molecule has 2 amide bonds. The predicted octanol–water partition coefficient (Wildman–Crippen LogP) is 3.77. The van der Waals surface area contributed by atoms with Crippen LogP contribution in [0.25, 0.3) is 10.9 Å². The topological polar surface area (TPSA) is 56.4 Å². The molecule has 0 unspecified atom stereocenters. The number of hydrogen-bond acceptors (Lipinski definition) is 2. The highest BCUT2D eigenvalue weighted by Crippen LogP contribution is 2.21. The first kappa shape index (κ1) is 18.7. The third-order valence-corrected chi connectivity index (χ3v) is 5.83. The Labute approximate surface area is 172 Å². The molecule has 28 heavy (non-hydrogen) atoms. The number of piperazine rings is 1. The van der Waals surface area contributed by atoms with Gasteiger partial charge in [-0.3, -0.25) is 9.59 Å². The van der Waals surface area contributed by atoms with E-state index in [0.717, 1.165) is 26.5 Å². The summed E-state index contributed by atoms with van der Waals surface area (Å²) in [6, 6.07) is 15.8. The highest BCUT2D eigenvalue weighted by Gasteiger charge is 2.25. The maximum absolute atomic E-state index is 12.8. The van der Waals surface area contributed by atoms with Crippen molar-refractivity contribution in [3.8, 4) is 0 Å². The van der Waals surface area contributed by atoms with Gasteiger partial charge in [-0.1, -0.05) is 40.2 Å². The van der Waals surface area contributed by atoms with E-state index in [1.54, 1.807) is 0 Å². The zero-order chi connectivity index (χ0) is 19.7. The third kappa shape index (κ3) is 3.83. The van der Waals surface area contributed by atoms with Crippen LogP contribution >= 0.6 is 15.9 Å². The van der Waals surface area contributed by atoms with Crippen molar-refractivity contribution in [2.75, 3.05) is 26.2 Å². The number of fused-ring (bicyclic) bond motifs is 1. The summed E-state index contributed by atoms with van der Waals surface area (Å²) in [6.45, 7) is 4.28. The number of H-pyrrole nitrogens is 1. The summed E-state index contributed by atoms with van der Waals surface area (Å²) in [5.74, 6) is 0.107. The Hall–Kier alpha value is -2.60. The van der Waals surface area contributed by atoms with Gasteiger partial charge >= 0.3 is 0 Å². The molecule has 3 aromatic rings. The van der Waals surface area contributed by atoms with Gasteiger partial charge < -0.3 is 14.8 Å². The number of benzene rings is 2. The van der Waals surface area contributed by atoms with Crippen LogP contribution in [0.3, 0.4) is 0 Å². The number of aryl methyl sites for hydroxylation is 1. The van der Waals surface area contributed by atoms with Crippen LogP contribution < -0.4 is 0 Å².